The van der Waals surface area contributed by atoms with Crippen molar-refractivity contribution in [2.24, 2.45) is 0 Å². The number of hydrogen-bond acceptors (Lipinski definition) is 3. The predicted octanol–water partition coefficient (Wildman–Crippen LogP) is 2.34. The SMILES string of the molecule is C=CCOC(=O)NC(C(=O)O)c1c(C)cccc1C. The number of rotatable bonds is 5. The van der Waals surface area contributed by atoms with E-state index in [1.807, 2.05) is 6.07 Å². The smallest absolute Gasteiger partial charge is 0.408 e. The molecule has 0 aliphatic rings. The zero-order valence-corrected chi connectivity index (χ0v) is 11.0. The second-order valence-electron chi connectivity index (χ2n) is 4.11. The fourth-order valence-electron chi connectivity index (χ4n) is 1.83. The zero-order chi connectivity index (χ0) is 14.4. The minimum Gasteiger partial charge on any atom is -0.479 e. The molecule has 1 aromatic rings. The molecule has 0 radical (unpaired) electrons. The number of alkyl carbamates (subject to hydrolysis) is 1. The molecule has 1 aromatic carbocycles. The maximum Gasteiger partial charge on any atom is 0.408 e. The van der Waals surface area contributed by atoms with E-state index in [4.69, 9.17) is 4.74 Å². The van der Waals surface area contributed by atoms with Crippen molar-refractivity contribution in [1.29, 1.82) is 0 Å². The van der Waals surface area contributed by atoms with Crippen molar-refractivity contribution in [3.8, 4) is 0 Å². The van der Waals surface area contributed by atoms with Gasteiger partial charge in [0.2, 0.25) is 0 Å². The van der Waals surface area contributed by atoms with Gasteiger partial charge < -0.3 is 15.2 Å². The van der Waals surface area contributed by atoms with Crippen LogP contribution in [0.3, 0.4) is 0 Å². The van der Waals surface area contributed by atoms with Crippen LogP contribution in [0, 0.1) is 13.8 Å². The summed E-state index contributed by atoms with van der Waals surface area (Å²) >= 11 is 0. The highest BCUT2D eigenvalue weighted by Crippen LogP contribution is 2.22. The number of ether oxygens (including phenoxy) is 1. The predicted molar refractivity (Wildman–Crippen MR) is 71.0 cm³/mol. The lowest BCUT2D eigenvalue weighted by Gasteiger charge is -2.18. The van der Waals surface area contributed by atoms with E-state index in [0.29, 0.717) is 5.56 Å². The molecule has 1 rings (SSSR count). The summed E-state index contributed by atoms with van der Waals surface area (Å²) in [6.07, 6.45) is 0.629. The number of aryl methyl sites for hydroxylation is 2. The van der Waals surface area contributed by atoms with Gasteiger partial charge in [-0.15, -0.1) is 0 Å². The van der Waals surface area contributed by atoms with Crippen LogP contribution in [0.2, 0.25) is 0 Å². The van der Waals surface area contributed by atoms with E-state index >= 15 is 0 Å². The first-order chi connectivity index (χ1) is 8.97. The van der Waals surface area contributed by atoms with E-state index in [0.717, 1.165) is 11.1 Å². The van der Waals surface area contributed by atoms with Crippen LogP contribution in [-0.4, -0.2) is 23.8 Å². The Bertz CT molecular complexity index is 476. The fourth-order valence-corrected chi connectivity index (χ4v) is 1.83. The summed E-state index contributed by atoms with van der Waals surface area (Å²) in [5, 5.41) is 11.6. The number of carboxylic acid groups (broad SMARTS) is 1. The number of benzene rings is 1. The third kappa shape index (κ3) is 3.84. The van der Waals surface area contributed by atoms with Crippen LogP contribution in [0.25, 0.3) is 0 Å². The van der Waals surface area contributed by atoms with Crippen LogP contribution in [0.4, 0.5) is 4.79 Å². The van der Waals surface area contributed by atoms with Crippen molar-refractivity contribution in [1.82, 2.24) is 5.32 Å². The van der Waals surface area contributed by atoms with Crippen molar-refractivity contribution in [3.05, 3.63) is 47.5 Å². The van der Waals surface area contributed by atoms with Gasteiger partial charge in [-0.05, 0) is 30.5 Å². The lowest BCUT2D eigenvalue weighted by molar-refractivity contribution is -0.139. The molecule has 0 aliphatic heterocycles. The van der Waals surface area contributed by atoms with Gasteiger partial charge in [0.15, 0.2) is 6.04 Å². The minimum absolute atomic E-state index is 0.0327. The first kappa shape index (κ1) is 14.8. The molecule has 19 heavy (non-hydrogen) atoms. The third-order valence-corrected chi connectivity index (χ3v) is 2.67. The molecule has 0 aromatic heterocycles. The van der Waals surface area contributed by atoms with Gasteiger partial charge in [-0.25, -0.2) is 9.59 Å². The van der Waals surface area contributed by atoms with Gasteiger partial charge in [0, 0.05) is 0 Å². The van der Waals surface area contributed by atoms with Crippen molar-refractivity contribution in [3.63, 3.8) is 0 Å². The number of hydrogen-bond donors (Lipinski definition) is 2. The van der Waals surface area contributed by atoms with E-state index in [9.17, 15) is 14.7 Å². The normalized spacial score (nSPS) is 11.5. The average Bonchev–Trinajstić information content (AvgIpc) is 2.34. The van der Waals surface area contributed by atoms with E-state index in [1.54, 1.807) is 26.0 Å². The Balaban J connectivity index is 2.98. The molecule has 0 saturated heterocycles. The number of carboxylic acids is 1. The standard InChI is InChI=1S/C14H17NO4/c1-4-8-19-14(18)15-12(13(16)17)11-9(2)6-5-7-10(11)3/h4-7,12H,1,8H2,2-3H3,(H,15,18)(H,16,17). The lowest BCUT2D eigenvalue weighted by Crippen LogP contribution is -2.35. The zero-order valence-electron chi connectivity index (χ0n) is 11.0. The number of aliphatic carboxylic acids is 1. The Hall–Kier alpha value is -2.30. The maximum atomic E-state index is 11.5. The lowest BCUT2D eigenvalue weighted by atomic mass is 9.96. The molecule has 1 amide bonds. The number of nitrogens with one attached hydrogen (secondary N) is 1. The topological polar surface area (TPSA) is 75.6 Å². The van der Waals surface area contributed by atoms with Crippen molar-refractivity contribution in [2.75, 3.05) is 6.61 Å². The molecule has 0 fully saturated rings. The van der Waals surface area contributed by atoms with Crippen LogP contribution in [0.15, 0.2) is 30.9 Å². The molecule has 0 spiro atoms. The van der Waals surface area contributed by atoms with Crippen LogP contribution in [0.1, 0.15) is 22.7 Å². The molecular weight excluding hydrogens is 246 g/mol. The van der Waals surface area contributed by atoms with Crippen molar-refractivity contribution >= 4 is 12.1 Å². The summed E-state index contributed by atoms with van der Waals surface area (Å²) in [7, 11) is 0. The first-order valence-corrected chi connectivity index (χ1v) is 5.80. The Morgan fingerprint density at radius 2 is 2.00 bits per heavy atom. The second-order valence-corrected chi connectivity index (χ2v) is 4.11. The molecule has 1 unspecified atom stereocenters. The second kappa shape index (κ2) is 6.58. The molecule has 0 aliphatic carbocycles. The van der Waals surface area contributed by atoms with Gasteiger partial charge in [0.1, 0.15) is 6.61 Å². The fraction of sp³-hybridized carbons (Fsp3) is 0.286. The Labute approximate surface area is 111 Å². The summed E-state index contributed by atoms with van der Waals surface area (Å²) in [4.78, 5) is 22.8. The molecule has 102 valence electrons. The van der Waals surface area contributed by atoms with Crippen LogP contribution in [0.5, 0.6) is 0 Å². The summed E-state index contributed by atoms with van der Waals surface area (Å²) in [5.41, 5.74) is 2.18. The molecule has 0 bridgehead atoms. The highest BCUT2D eigenvalue weighted by atomic mass is 16.5. The third-order valence-electron chi connectivity index (χ3n) is 2.67. The Morgan fingerprint density at radius 1 is 1.42 bits per heavy atom. The quantitative estimate of drug-likeness (QED) is 0.799. The molecule has 5 nitrogen and oxygen atoms in total. The average molecular weight is 263 g/mol. The van der Waals surface area contributed by atoms with E-state index in [-0.39, 0.29) is 6.61 Å². The van der Waals surface area contributed by atoms with Crippen LogP contribution >= 0.6 is 0 Å². The van der Waals surface area contributed by atoms with Crippen LogP contribution in [-0.2, 0) is 9.53 Å². The van der Waals surface area contributed by atoms with Gasteiger partial charge in [-0.2, -0.15) is 0 Å². The summed E-state index contributed by atoms with van der Waals surface area (Å²) in [6.45, 7) is 7.05. The highest BCUT2D eigenvalue weighted by Gasteiger charge is 2.25. The summed E-state index contributed by atoms with van der Waals surface area (Å²) < 4.78 is 4.74. The molecule has 2 N–H and O–H groups in total. The van der Waals surface area contributed by atoms with E-state index in [2.05, 4.69) is 11.9 Å². The first-order valence-electron chi connectivity index (χ1n) is 5.80. The Kier molecular flexibility index (Phi) is 5.11. The molecule has 0 saturated carbocycles. The number of amides is 1. The highest BCUT2D eigenvalue weighted by molar-refractivity contribution is 5.82. The summed E-state index contributed by atoms with van der Waals surface area (Å²) in [5.74, 6) is -1.13. The van der Waals surface area contributed by atoms with Crippen molar-refractivity contribution < 1.29 is 19.4 Å². The maximum absolute atomic E-state index is 11.5. The molecule has 0 heterocycles. The van der Waals surface area contributed by atoms with Gasteiger partial charge in [-0.1, -0.05) is 30.9 Å². The van der Waals surface area contributed by atoms with Crippen molar-refractivity contribution in [2.45, 2.75) is 19.9 Å². The molecule has 5 heteroatoms. The Morgan fingerprint density at radius 3 is 2.47 bits per heavy atom. The van der Waals surface area contributed by atoms with Gasteiger partial charge in [0.05, 0.1) is 0 Å². The molecular formula is C14H17NO4. The largest absolute Gasteiger partial charge is 0.479 e. The minimum atomic E-state index is -1.13. The van der Waals surface area contributed by atoms with Gasteiger partial charge in [-0.3, -0.25) is 0 Å². The van der Waals surface area contributed by atoms with Gasteiger partial charge >= 0.3 is 12.1 Å². The van der Waals surface area contributed by atoms with Gasteiger partial charge in [0.25, 0.3) is 0 Å². The number of carbonyl (C=O) groups excluding carboxylic acids is 1. The van der Waals surface area contributed by atoms with E-state index in [1.165, 1.54) is 6.08 Å². The van der Waals surface area contributed by atoms with Crippen LogP contribution < -0.4 is 5.32 Å². The monoisotopic (exact) mass is 263 g/mol. The summed E-state index contributed by atoms with van der Waals surface area (Å²) in [6, 6.07) is 4.31. The molecule has 1 atom stereocenters. The van der Waals surface area contributed by atoms with E-state index < -0.39 is 18.1 Å². The number of carbonyl (C=O) groups is 2.